The summed E-state index contributed by atoms with van der Waals surface area (Å²) in [4.78, 5) is 0. The molecule has 0 fully saturated rings. The van der Waals surface area contributed by atoms with Gasteiger partial charge < -0.3 is 0 Å². The maximum Gasteiger partial charge on any atom is 0.435 e. The van der Waals surface area contributed by atoms with Crippen LogP contribution in [0.5, 0.6) is 0 Å². The number of alkyl halides is 7. The van der Waals surface area contributed by atoms with Crippen molar-refractivity contribution in [1.29, 1.82) is 0 Å². The van der Waals surface area contributed by atoms with Gasteiger partial charge in [-0.3, -0.25) is 0 Å². The van der Waals surface area contributed by atoms with Crippen LogP contribution in [0.25, 0.3) is 0 Å². The molecule has 0 unspecified atom stereocenters. The molecule has 1 radical (unpaired) electrons. The van der Waals surface area contributed by atoms with E-state index in [0.717, 1.165) is 0 Å². The molecule has 1 rings (SSSR count). The van der Waals surface area contributed by atoms with Crippen molar-refractivity contribution in [3.8, 4) is 0 Å². The summed E-state index contributed by atoms with van der Waals surface area (Å²) < 4.78 is 88.8. The maximum atomic E-state index is 13.8. The third-order valence-corrected chi connectivity index (χ3v) is 3.89. The molecular formula is C10H4ClF7I. The summed E-state index contributed by atoms with van der Waals surface area (Å²) in [5.74, 6) is 0. The summed E-state index contributed by atoms with van der Waals surface area (Å²) in [6.07, 6.45) is -12.3. The highest BCUT2D eigenvalue weighted by Gasteiger charge is 2.74. The zero-order valence-corrected chi connectivity index (χ0v) is 11.9. The zero-order chi connectivity index (χ0) is 15.2. The van der Waals surface area contributed by atoms with E-state index >= 15 is 0 Å². The van der Waals surface area contributed by atoms with E-state index in [0.29, 0.717) is 0 Å². The predicted molar refractivity (Wildman–Crippen MR) is 62.6 cm³/mol. The molecule has 1 aromatic rings. The van der Waals surface area contributed by atoms with E-state index in [1.165, 1.54) is 29.5 Å². The Balaban J connectivity index is 3.71. The van der Waals surface area contributed by atoms with Crippen LogP contribution in [0.4, 0.5) is 30.7 Å². The highest BCUT2D eigenvalue weighted by molar-refractivity contribution is 14.1. The minimum atomic E-state index is -6.15. The first-order chi connectivity index (χ1) is 8.32. The average molecular weight is 419 g/mol. The van der Waals surface area contributed by atoms with Gasteiger partial charge in [-0.05, 0) is 41.1 Å². The van der Waals surface area contributed by atoms with Crippen molar-refractivity contribution >= 4 is 34.2 Å². The lowest BCUT2D eigenvalue weighted by Gasteiger charge is -2.31. The summed E-state index contributed by atoms with van der Waals surface area (Å²) >= 11 is 6.56. The van der Waals surface area contributed by atoms with Crippen LogP contribution >= 0.6 is 34.2 Å². The van der Waals surface area contributed by atoms with Crippen LogP contribution < -0.4 is 0 Å². The molecule has 0 saturated carbocycles. The van der Waals surface area contributed by atoms with E-state index in [1.807, 2.05) is 0 Å². The van der Waals surface area contributed by atoms with Gasteiger partial charge in [0.2, 0.25) is 0 Å². The molecule has 1 aromatic carbocycles. The summed E-state index contributed by atoms with van der Waals surface area (Å²) in [6.45, 7) is 1.18. The van der Waals surface area contributed by atoms with Gasteiger partial charge >= 0.3 is 18.0 Å². The fourth-order valence-electron chi connectivity index (χ4n) is 1.38. The summed E-state index contributed by atoms with van der Waals surface area (Å²) in [5, 5.41) is -0.525. The molecule has 0 aliphatic heterocycles. The van der Waals surface area contributed by atoms with Gasteiger partial charge in [0.1, 0.15) is 0 Å². The van der Waals surface area contributed by atoms with Crippen LogP contribution in [-0.2, 0) is 5.67 Å². The van der Waals surface area contributed by atoms with Gasteiger partial charge in [0.05, 0.1) is 0 Å². The Kier molecular flexibility index (Phi) is 4.37. The number of halogens is 9. The lowest BCUT2D eigenvalue weighted by atomic mass is 9.93. The number of hydrogen-bond acceptors (Lipinski definition) is 0. The van der Waals surface area contributed by atoms with E-state index < -0.39 is 32.2 Å². The molecule has 0 heterocycles. The van der Waals surface area contributed by atoms with Gasteiger partial charge in [0.25, 0.3) is 0 Å². The molecule has 0 bridgehead atoms. The molecule has 107 valence electrons. The molecule has 0 aromatic heterocycles. The second-order valence-electron chi connectivity index (χ2n) is 3.62. The molecule has 0 nitrogen and oxygen atoms in total. The van der Waals surface area contributed by atoms with Crippen LogP contribution in [0, 0.1) is 16.6 Å². The third-order valence-electron chi connectivity index (χ3n) is 2.30. The molecule has 0 N–H and O–H groups in total. The van der Waals surface area contributed by atoms with Crippen molar-refractivity contribution in [3.63, 3.8) is 0 Å². The Morgan fingerprint density at radius 1 is 1.05 bits per heavy atom. The molecule has 0 aliphatic carbocycles. The van der Waals surface area contributed by atoms with E-state index in [9.17, 15) is 30.7 Å². The highest BCUT2D eigenvalue weighted by atomic mass is 127. The van der Waals surface area contributed by atoms with Gasteiger partial charge in [0.15, 0.2) is 0 Å². The smallest absolute Gasteiger partial charge is 0.218 e. The number of benzene rings is 1. The Labute approximate surface area is 122 Å². The number of hydrogen-bond donors (Lipinski definition) is 0. The van der Waals surface area contributed by atoms with Gasteiger partial charge in [-0.25, -0.2) is 4.39 Å². The van der Waals surface area contributed by atoms with E-state index in [1.54, 1.807) is 0 Å². The van der Waals surface area contributed by atoms with E-state index in [-0.39, 0.29) is 11.6 Å². The monoisotopic (exact) mass is 419 g/mol. The Morgan fingerprint density at radius 3 is 1.84 bits per heavy atom. The Morgan fingerprint density at radius 2 is 1.47 bits per heavy atom. The van der Waals surface area contributed by atoms with Crippen LogP contribution in [-0.4, -0.2) is 12.4 Å². The van der Waals surface area contributed by atoms with Crippen molar-refractivity contribution < 1.29 is 30.7 Å². The lowest BCUT2D eigenvalue weighted by Crippen LogP contribution is -2.51. The first kappa shape index (κ1) is 16.8. The lowest BCUT2D eigenvalue weighted by molar-refractivity contribution is -0.349. The SMILES string of the molecule is Cc1[c]c(Cl)cc(C(F)(C(F)(F)F)C(F)(F)F)c1I. The minimum Gasteiger partial charge on any atom is -0.218 e. The molecule has 9 heteroatoms. The molecular weight excluding hydrogens is 415 g/mol. The maximum absolute atomic E-state index is 13.8. The summed E-state index contributed by atoms with van der Waals surface area (Å²) in [6, 6.07) is 2.60. The number of aryl methyl sites for hydroxylation is 1. The fourth-order valence-corrected chi connectivity index (χ4v) is 2.29. The summed E-state index contributed by atoms with van der Waals surface area (Å²) in [5.41, 5.74) is -7.15. The second kappa shape index (κ2) is 4.94. The third kappa shape index (κ3) is 2.79. The first-order valence-electron chi connectivity index (χ1n) is 4.53. The predicted octanol–water partition coefficient (Wildman–Crippen LogP) is 5.34. The first-order valence-corrected chi connectivity index (χ1v) is 5.98. The Hall–Kier alpha value is -0.250. The van der Waals surface area contributed by atoms with Crippen molar-refractivity contribution in [3.05, 3.63) is 31.9 Å². The molecule has 0 aliphatic rings. The van der Waals surface area contributed by atoms with Crippen LogP contribution in [0.3, 0.4) is 0 Å². The van der Waals surface area contributed by atoms with Gasteiger partial charge in [-0.15, -0.1) is 0 Å². The van der Waals surface area contributed by atoms with Gasteiger partial charge in [-0.2, -0.15) is 26.3 Å². The largest absolute Gasteiger partial charge is 0.435 e. The molecule has 0 saturated heterocycles. The van der Waals surface area contributed by atoms with Crippen LogP contribution in [0.1, 0.15) is 11.1 Å². The van der Waals surface area contributed by atoms with E-state index in [4.69, 9.17) is 11.6 Å². The quantitative estimate of drug-likeness (QED) is 0.426. The van der Waals surface area contributed by atoms with Crippen molar-refractivity contribution in [1.82, 2.24) is 0 Å². The van der Waals surface area contributed by atoms with E-state index in [2.05, 4.69) is 6.07 Å². The molecule has 19 heavy (non-hydrogen) atoms. The molecule has 0 amide bonds. The summed E-state index contributed by atoms with van der Waals surface area (Å²) in [7, 11) is 0. The number of rotatable bonds is 1. The molecule has 0 atom stereocenters. The zero-order valence-electron chi connectivity index (χ0n) is 8.98. The van der Waals surface area contributed by atoms with Crippen LogP contribution in [0.15, 0.2) is 6.07 Å². The highest BCUT2D eigenvalue weighted by Crippen LogP contribution is 2.54. The van der Waals surface area contributed by atoms with Crippen molar-refractivity contribution in [2.24, 2.45) is 0 Å². The fraction of sp³-hybridized carbons (Fsp3) is 0.400. The Bertz CT molecular complexity index is 478. The van der Waals surface area contributed by atoms with Crippen molar-refractivity contribution in [2.45, 2.75) is 24.9 Å². The molecule has 0 spiro atoms. The minimum absolute atomic E-state index is 0.0985. The average Bonchev–Trinajstić information content (AvgIpc) is 2.18. The van der Waals surface area contributed by atoms with Gasteiger partial charge in [0, 0.05) is 20.2 Å². The van der Waals surface area contributed by atoms with Crippen LogP contribution in [0.2, 0.25) is 5.02 Å². The topological polar surface area (TPSA) is 0 Å². The standard InChI is InChI=1S/C10H4ClF7I/c1-4-2-5(11)3-6(7(4)19)8(12,9(13,14)15)10(16,17)18/h3H,1H3. The normalized spacial score (nSPS) is 13.8. The van der Waals surface area contributed by atoms with Gasteiger partial charge in [-0.1, -0.05) is 11.6 Å². The second-order valence-corrected chi connectivity index (χ2v) is 5.11. The van der Waals surface area contributed by atoms with Crippen molar-refractivity contribution in [2.75, 3.05) is 0 Å².